The van der Waals surface area contributed by atoms with Gasteiger partial charge in [-0.15, -0.1) is 10.2 Å². The molecule has 3 N–H and O–H groups in total. The van der Waals surface area contributed by atoms with Gasteiger partial charge in [0.05, 0.1) is 6.21 Å². The van der Waals surface area contributed by atoms with Gasteiger partial charge in [0, 0.05) is 11.1 Å². The molecule has 0 fully saturated rings. The molecule has 0 bridgehead atoms. The van der Waals surface area contributed by atoms with Crippen LogP contribution in [-0.2, 0) is 11.3 Å². The molecule has 0 aliphatic rings. The van der Waals surface area contributed by atoms with Crippen LogP contribution in [0.5, 0.6) is 5.75 Å². The maximum absolute atomic E-state index is 12.0. The third kappa shape index (κ3) is 4.67. The zero-order chi connectivity index (χ0) is 22.5. The number of hydrazone groups is 1. The smallest absolute Gasteiger partial charge is 0.339 e. The fourth-order valence-electron chi connectivity index (χ4n) is 2.78. The van der Waals surface area contributed by atoms with Crippen LogP contribution in [0, 0.1) is 0 Å². The van der Waals surface area contributed by atoms with E-state index >= 15 is 0 Å². The van der Waals surface area contributed by atoms with E-state index in [1.165, 1.54) is 24.4 Å². The van der Waals surface area contributed by atoms with Crippen LogP contribution in [0.1, 0.15) is 16.1 Å². The first-order chi connectivity index (χ1) is 15.5. The normalized spacial score (nSPS) is 11.0. The molecular formula is C21H16N6O5. The molecule has 32 heavy (non-hydrogen) atoms. The lowest BCUT2D eigenvalue weighted by Gasteiger charge is -2.02. The number of furan rings is 1. The zero-order valence-corrected chi connectivity index (χ0v) is 16.4. The number of rotatable bonds is 7. The number of amides is 1. The topological polar surface area (TPSA) is 156 Å². The highest BCUT2D eigenvalue weighted by molar-refractivity contribution is 5.92. The lowest BCUT2D eigenvalue weighted by Crippen LogP contribution is -2.24. The lowest BCUT2D eigenvalue weighted by molar-refractivity contribution is -0.122. The highest BCUT2D eigenvalue weighted by Crippen LogP contribution is 2.27. The number of hydrogen-bond acceptors (Lipinski definition) is 8. The number of aromatic nitrogens is 4. The number of hydrogen-bond donors (Lipinski definition) is 3. The average molecular weight is 432 g/mol. The van der Waals surface area contributed by atoms with Crippen molar-refractivity contribution >= 4 is 18.1 Å². The minimum absolute atomic E-state index is 0.175. The third-order valence-corrected chi connectivity index (χ3v) is 4.29. The van der Waals surface area contributed by atoms with Crippen LogP contribution in [0.3, 0.4) is 0 Å². The van der Waals surface area contributed by atoms with Crippen LogP contribution >= 0.6 is 0 Å². The molecule has 2 aromatic heterocycles. The number of tetrazole rings is 1. The molecular weight excluding hydrogens is 416 g/mol. The summed E-state index contributed by atoms with van der Waals surface area (Å²) in [5.74, 6) is -0.941. The van der Waals surface area contributed by atoms with E-state index in [4.69, 9.17) is 9.52 Å². The Hall–Kier alpha value is -4.80. The monoisotopic (exact) mass is 432 g/mol. The maximum atomic E-state index is 12.0. The second-order valence-electron chi connectivity index (χ2n) is 6.54. The zero-order valence-electron chi connectivity index (χ0n) is 16.4. The largest absolute Gasteiger partial charge is 0.507 e. The molecule has 2 aromatic carbocycles. The highest BCUT2D eigenvalue weighted by Gasteiger charge is 2.13. The quantitative estimate of drug-likeness (QED) is 0.296. The molecule has 0 saturated carbocycles. The van der Waals surface area contributed by atoms with E-state index in [0.29, 0.717) is 22.9 Å². The Morgan fingerprint density at radius 1 is 1.09 bits per heavy atom. The van der Waals surface area contributed by atoms with E-state index < -0.39 is 11.9 Å². The van der Waals surface area contributed by atoms with E-state index in [1.807, 2.05) is 30.3 Å². The van der Waals surface area contributed by atoms with Gasteiger partial charge in [0.2, 0.25) is 5.82 Å². The summed E-state index contributed by atoms with van der Waals surface area (Å²) in [5, 5.41) is 34.5. The molecule has 160 valence electrons. The maximum Gasteiger partial charge on any atom is 0.339 e. The minimum Gasteiger partial charge on any atom is -0.507 e. The molecule has 0 saturated heterocycles. The van der Waals surface area contributed by atoms with Crippen molar-refractivity contribution < 1.29 is 24.2 Å². The van der Waals surface area contributed by atoms with Gasteiger partial charge in [0.1, 0.15) is 29.4 Å². The van der Waals surface area contributed by atoms with Crippen LogP contribution in [0.25, 0.3) is 22.7 Å². The number of carboxylic acid groups (broad SMARTS) is 1. The van der Waals surface area contributed by atoms with E-state index in [-0.39, 0.29) is 17.9 Å². The van der Waals surface area contributed by atoms with Crippen molar-refractivity contribution in [3.63, 3.8) is 0 Å². The molecule has 0 aliphatic carbocycles. The predicted octanol–water partition coefficient (Wildman–Crippen LogP) is 2.15. The molecule has 1 amide bonds. The molecule has 4 rings (SSSR count). The number of carbonyl (C=O) groups excluding carboxylic acids is 1. The molecule has 0 unspecified atom stereocenters. The van der Waals surface area contributed by atoms with E-state index in [9.17, 15) is 14.7 Å². The number of phenols is 1. The summed E-state index contributed by atoms with van der Waals surface area (Å²) in [6.07, 6.45) is 1.30. The van der Waals surface area contributed by atoms with Crippen molar-refractivity contribution in [2.24, 2.45) is 5.10 Å². The number of aromatic hydroxyl groups is 1. The standard InChI is InChI=1S/C21H16N6O5/c28-17-8-6-14(10-16(17)21(30)31)18-9-7-15(32-18)11-22-23-19(29)12-27-25-20(24-26-27)13-4-2-1-3-5-13/h1-11,28H,12H2,(H,23,29)(H,30,31)/b22-11+. The molecule has 0 aliphatic heterocycles. The Balaban J connectivity index is 1.35. The second kappa shape index (κ2) is 8.92. The minimum atomic E-state index is -1.25. The van der Waals surface area contributed by atoms with Crippen molar-refractivity contribution in [2.45, 2.75) is 6.54 Å². The summed E-state index contributed by atoms with van der Waals surface area (Å²) in [7, 11) is 0. The van der Waals surface area contributed by atoms with Crippen molar-refractivity contribution in [3.05, 3.63) is 72.0 Å². The molecule has 0 radical (unpaired) electrons. The van der Waals surface area contributed by atoms with Crippen molar-refractivity contribution in [3.8, 4) is 28.5 Å². The fourth-order valence-corrected chi connectivity index (χ4v) is 2.78. The molecule has 0 spiro atoms. The molecule has 4 aromatic rings. The van der Waals surface area contributed by atoms with Gasteiger partial charge in [-0.05, 0) is 35.5 Å². The number of carboxylic acids is 1. The number of aromatic carboxylic acids is 1. The molecule has 0 atom stereocenters. The van der Waals surface area contributed by atoms with Gasteiger partial charge in [-0.2, -0.15) is 9.90 Å². The molecule has 11 nitrogen and oxygen atoms in total. The summed E-state index contributed by atoms with van der Waals surface area (Å²) in [4.78, 5) is 24.4. The Morgan fingerprint density at radius 2 is 1.91 bits per heavy atom. The van der Waals surface area contributed by atoms with Gasteiger partial charge in [0.25, 0.3) is 5.91 Å². The van der Waals surface area contributed by atoms with Crippen molar-refractivity contribution in [1.29, 1.82) is 0 Å². The van der Waals surface area contributed by atoms with E-state index in [0.717, 1.165) is 10.4 Å². The fraction of sp³-hybridized carbons (Fsp3) is 0.0476. The van der Waals surface area contributed by atoms with E-state index in [2.05, 4.69) is 25.9 Å². The Bertz CT molecular complexity index is 1300. The number of nitrogens with zero attached hydrogens (tertiary/aromatic N) is 5. The van der Waals surface area contributed by atoms with Gasteiger partial charge in [-0.25, -0.2) is 10.2 Å². The number of nitrogens with one attached hydrogen (secondary N) is 1. The molecule has 2 heterocycles. The average Bonchev–Trinajstić information content (AvgIpc) is 3.44. The first-order valence-corrected chi connectivity index (χ1v) is 9.31. The van der Waals surface area contributed by atoms with Crippen LogP contribution in [0.4, 0.5) is 0 Å². The Labute approximate surface area is 180 Å². The number of benzene rings is 2. The molecule has 11 heteroatoms. The first-order valence-electron chi connectivity index (χ1n) is 9.31. The van der Waals surface area contributed by atoms with Gasteiger partial charge in [0.15, 0.2) is 0 Å². The SMILES string of the molecule is O=C(Cn1nnc(-c2ccccc2)n1)N/N=C/c1ccc(-c2ccc(O)c(C(=O)O)c2)o1. The van der Waals surface area contributed by atoms with Gasteiger partial charge < -0.3 is 14.6 Å². The summed E-state index contributed by atoms with van der Waals surface area (Å²) in [6, 6.07) is 16.6. The second-order valence-corrected chi connectivity index (χ2v) is 6.54. The Kier molecular flexibility index (Phi) is 5.70. The van der Waals surface area contributed by atoms with Crippen LogP contribution in [0.2, 0.25) is 0 Å². The predicted molar refractivity (Wildman–Crippen MR) is 112 cm³/mol. The highest BCUT2D eigenvalue weighted by atomic mass is 16.4. The van der Waals surface area contributed by atoms with Crippen LogP contribution in [0.15, 0.2) is 70.2 Å². The van der Waals surface area contributed by atoms with Crippen LogP contribution < -0.4 is 5.43 Å². The van der Waals surface area contributed by atoms with Crippen LogP contribution in [-0.4, -0.2) is 48.5 Å². The van der Waals surface area contributed by atoms with Gasteiger partial charge in [-0.1, -0.05) is 30.3 Å². The van der Waals surface area contributed by atoms with E-state index in [1.54, 1.807) is 12.1 Å². The van der Waals surface area contributed by atoms with Gasteiger partial charge in [-0.3, -0.25) is 4.79 Å². The number of carbonyl (C=O) groups is 2. The summed E-state index contributed by atoms with van der Waals surface area (Å²) >= 11 is 0. The third-order valence-electron chi connectivity index (χ3n) is 4.29. The summed E-state index contributed by atoms with van der Waals surface area (Å²) in [5.41, 5.74) is 3.36. The van der Waals surface area contributed by atoms with Crippen molar-refractivity contribution in [1.82, 2.24) is 25.6 Å². The van der Waals surface area contributed by atoms with Crippen molar-refractivity contribution in [2.75, 3.05) is 0 Å². The lowest BCUT2D eigenvalue weighted by atomic mass is 10.1. The van der Waals surface area contributed by atoms with Gasteiger partial charge >= 0.3 is 5.97 Å². The summed E-state index contributed by atoms with van der Waals surface area (Å²) < 4.78 is 5.58. The summed E-state index contributed by atoms with van der Waals surface area (Å²) in [6.45, 7) is -0.175. The Morgan fingerprint density at radius 3 is 2.69 bits per heavy atom. The first kappa shape index (κ1) is 20.5.